The molecule has 2 N–H and O–H groups in total. The maximum atomic E-state index is 12.8. The number of carbonyl (C=O) groups excluding carboxylic acids is 2. The van der Waals surface area contributed by atoms with Crippen LogP contribution in [0.4, 0.5) is 18.9 Å². The molecule has 38 heavy (non-hydrogen) atoms. The fourth-order valence-electron chi connectivity index (χ4n) is 3.14. The molecule has 0 aromatic heterocycles. The standard InChI is InChI=1S/C26H22Br2F3N3O4/c1-2-37-22-11-17(10-21(28)25(22)38-15-16-6-8-19(27)9-7-16)14-32-34-24(36)13-23(35)33-20-5-3-4-18(12-20)26(29,30)31/h3-12,14H,2,13,15H2,1H3,(H,33,35)(H,34,36). The summed E-state index contributed by atoms with van der Waals surface area (Å²) in [5.41, 5.74) is 2.78. The molecule has 2 amide bonds. The highest BCUT2D eigenvalue weighted by Gasteiger charge is 2.30. The Hall–Kier alpha value is -3.38. The van der Waals surface area contributed by atoms with Crippen molar-refractivity contribution in [3.05, 3.63) is 86.3 Å². The van der Waals surface area contributed by atoms with E-state index in [4.69, 9.17) is 9.47 Å². The minimum atomic E-state index is -4.55. The molecule has 0 unspecified atom stereocenters. The van der Waals surface area contributed by atoms with Crippen molar-refractivity contribution >= 4 is 55.6 Å². The Kier molecular flexibility index (Phi) is 10.3. The van der Waals surface area contributed by atoms with Crippen molar-refractivity contribution < 1.29 is 32.2 Å². The quantitative estimate of drug-likeness (QED) is 0.145. The molecule has 0 radical (unpaired) electrons. The second-order valence-electron chi connectivity index (χ2n) is 7.77. The molecule has 0 atom stereocenters. The van der Waals surface area contributed by atoms with Gasteiger partial charge in [0.05, 0.1) is 22.9 Å². The van der Waals surface area contributed by atoms with Gasteiger partial charge in [0.2, 0.25) is 11.8 Å². The second-order valence-corrected chi connectivity index (χ2v) is 9.54. The van der Waals surface area contributed by atoms with E-state index in [-0.39, 0.29) is 5.69 Å². The minimum Gasteiger partial charge on any atom is -0.490 e. The zero-order valence-electron chi connectivity index (χ0n) is 19.9. The summed E-state index contributed by atoms with van der Waals surface area (Å²) < 4.78 is 51.7. The third kappa shape index (κ3) is 8.88. The molecule has 0 aliphatic heterocycles. The van der Waals surface area contributed by atoms with Gasteiger partial charge in [-0.1, -0.05) is 34.1 Å². The van der Waals surface area contributed by atoms with Crippen molar-refractivity contribution in [3.8, 4) is 11.5 Å². The monoisotopic (exact) mass is 655 g/mol. The van der Waals surface area contributed by atoms with E-state index in [1.165, 1.54) is 12.3 Å². The third-order valence-electron chi connectivity index (χ3n) is 4.83. The first kappa shape index (κ1) is 29.2. The first-order valence-corrected chi connectivity index (χ1v) is 12.8. The summed E-state index contributed by atoms with van der Waals surface area (Å²) in [6.07, 6.45) is -3.83. The number of hydrogen-bond donors (Lipinski definition) is 2. The number of hydrazone groups is 1. The summed E-state index contributed by atoms with van der Waals surface area (Å²) in [4.78, 5) is 24.1. The van der Waals surface area contributed by atoms with Gasteiger partial charge in [-0.2, -0.15) is 18.3 Å². The van der Waals surface area contributed by atoms with Gasteiger partial charge in [0, 0.05) is 10.2 Å². The highest BCUT2D eigenvalue weighted by molar-refractivity contribution is 9.10. The van der Waals surface area contributed by atoms with Gasteiger partial charge in [-0.15, -0.1) is 0 Å². The molecule has 12 heteroatoms. The topological polar surface area (TPSA) is 89.0 Å². The Labute approximate surface area is 233 Å². The maximum absolute atomic E-state index is 12.8. The van der Waals surface area contributed by atoms with Crippen LogP contribution < -0.4 is 20.2 Å². The molecule has 3 aromatic carbocycles. The van der Waals surface area contributed by atoms with Crippen LogP contribution in [0.15, 0.2) is 74.7 Å². The van der Waals surface area contributed by atoms with Crippen LogP contribution >= 0.6 is 31.9 Å². The van der Waals surface area contributed by atoms with E-state index in [9.17, 15) is 22.8 Å². The fraction of sp³-hybridized carbons (Fsp3) is 0.192. The predicted octanol–water partition coefficient (Wildman–Crippen LogP) is 6.69. The van der Waals surface area contributed by atoms with Crippen LogP contribution in [-0.4, -0.2) is 24.6 Å². The molecule has 0 saturated carbocycles. The number of alkyl halides is 3. The van der Waals surface area contributed by atoms with E-state index in [0.29, 0.717) is 34.7 Å². The smallest absolute Gasteiger partial charge is 0.416 e. The number of benzene rings is 3. The summed E-state index contributed by atoms with van der Waals surface area (Å²) in [7, 11) is 0. The zero-order chi connectivity index (χ0) is 27.7. The van der Waals surface area contributed by atoms with E-state index in [0.717, 1.165) is 28.2 Å². The molecular formula is C26H22Br2F3N3O4. The van der Waals surface area contributed by atoms with Crippen LogP contribution in [-0.2, 0) is 22.4 Å². The van der Waals surface area contributed by atoms with Gasteiger partial charge in [0.25, 0.3) is 0 Å². The second kappa shape index (κ2) is 13.4. The number of amides is 2. The number of nitrogens with zero attached hydrogens (tertiary/aromatic N) is 1. The number of anilines is 1. The normalized spacial score (nSPS) is 11.3. The Morgan fingerprint density at radius 3 is 2.42 bits per heavy atom. The molecule has 0 spiro atoms. The first-order valence-electron chi connectivity index (χ1n) is 11.2. The third-order valence-corrected chi connectivity index (χ3v) is 5.94. The van der Waals surface area contributed by atoms with E-state index >= 15 is 0 Å². The molecule has 0 aliphatic carbocycles. The van der Waals surface area contributed by atoms with Gasteiger partial charge in [-0.25, -0.2) is 5.43 Å². The first-order chi connectivity index (χ1) is 18.0. The maximum Gasteiger partial charge on any atom is 0.416 e. The molecule has 0 saturated heterocycles. The lowest BCUT2D eigenvalue weighted by Crippen LogP contribution is -2.24. The summed E-state index contributed by atoms with van der Waals surface area (Å²) >= 11 is 6.87. The van der Waals surface area contributed by atoms with Gasteiger partial charge >= 0.3 is 6.18 Å². The molecule has 0 heterocycles. The van der Waals surface area contributed by atoms with Gasteiger partial charge in [-0.05, 0) is 76.4 Å². The zero-order valence-corrected chi connectivity index (χ0v) is 23.1. The predicted molar refractivity (Wildman–Crippen MR) is 144 cm³/mol. The Balaban J connectivity index is 1.58. The lowest BCUT2D eigenvalue weighted by molar-refractivity contribution is -0.137. The van der Waals surface area contributed by atoms with Crippen LogP contribution in [0.3, 0.4) is 0 Å². The summed E-state index contributed by atoms with van der Waals surface area (Å²) in [6, 6.07) is 15.2. The summed E-state index contributed by atoms with van der Waals surface area (Å²) in [5.74, 6) is -0.565. The molecule has 200 valence electrons. The van der Waals surface area contributed by atoms with Gasteiger partial charge in [0.1, 0.15) is 13.0 Å². The molecule has 7 nitrogen and oxygen atoms in total. The van der Waals surface area contributed by atoms with E-state index in [1.807, 2.05) is 31.2 Å². The molecule has 3 aromatic rings. The van der Waals surface area contributed by atoms with E-state index < -0.39 is 30.0 Å². The molecule has 0 bridgehead atoms. The summed E-state index contributed by atoms with van der Waals surface area (Å²) in [5, 5.41) is 6.11. The van der Waals surface area contributed by atoms with Crippen LogP contribution in [0.25, 0.3) is 0 Å². The van der Waals surface area contributed by atoms with E-state index in [2.05, 4.69) is 47.7 Å². The fourth-order valence-corrected chi connectivity index (χ4v) is 3.98. The molecule has 0 fully saturated rings. The number of nitrogens with one attached hydrogen (secondary N) is 2. The lowest BCUT2D eigenvalue weighted by atomic mass is 10.2. The average Bonchev–Trinajstić information content (AvgIpc) is 2.84. The van der Waals surface area contributed by atoms with E-state index in [1.54, 1.807) is 12.1 Å². The van der Waals surface area contributed by atoms with Crippen molar-refractivity contribution in [1.82, 2.24) is 5.43 Å². The molecule has 3 rings (SSSR count). The van der Waals surface area contributed by atoms with Crippen molar-refractivity contribution in [1.29, 1.82) is 0 Å². The van der Waals surface area contributed by atoms with Crippen molar-refractivity contribution in [2.45, 2.75) is 26.1 Å². The van der Waals surface area contributed by atoms with Crippen molar-refractivity contribution in [3.63, 3.8) is 0 Å². The Morgan fingerprint density at radius 2 is 1.74 bits per heavy atom. The van der Waals surface area contributed by atoms with Crippen molar-refractivity contribution in [2.75, 3.05) is 11.9 Å². The largest absolute Gasteiger partial charge is 0.490 e. The summed E-state index contributed by atoms with van der Waals surface area (Å²) in [6.45, 7) is 2.54. The average molecular weight is 657 g/mol. The van der Waals surface area contributed by atoms with Crippen LogP contribution in [0.5, 0.6) is 11.5 Å². The Bertz CT molecular complexity index is 1320. The van der Waals surface area contributed by atoms with Gasteiger partial charge in [0.15, 0.2) is 11.5 Å². The Morgan fingerprint density at radius 1 is 1.00 bits per heavy atom. The number of carbonyl (C=O) groups is 2. The minimum absolute atomic E-state index is 0.0723. The SMILES string of the molecule is CCOc1cc(C=NNC(=O)CC(=O)Nc2cccc(C(F)(F)F)c2)cc(Br)c1OCc1ccc(Br)cc1. The number of rotatable bonds is 10. The highest BCUT2D eigenvalue weighted by atomic mass is 79.9. The highest BCUT2D eigenvalue weighted by Crippen LogP contribution is 2.37. The van der Waals surface area contributed by atoms with Crippen molar-refractivity contribution in [2.24, 2.45) is 5.10 Å². The number of hydrogen-bond acceptors (Lipinski definition) is 5. The lowest BCUT2D eigenvalue weighted by Gasteiger charge is -2.14. The van der Waals surface area contributed by atoms with Crippen LogP contribution in [0, 0.1) is 0 Å². The molecule has 0 aliphatic rings. The molecular weight excluding hydrogens is 635 g/mol. The van der Waals surface area contributed by atoms with Crippen LogP contribution in [0.1, 0.15) is 30.0 Å². The number of halogens is 5. The van der Waals surface area contributed by atoms with Gasteiger partial charge < -0.3 is 14.8 Å². The van der Waals surface area contributed by atoms with Gasteiger partial charge in [-0.3, -0.25) is 9.59 Å². The number of ether oxygens (including phenoxy) is 2. The van der Waals surface area contributed by atoms with Crippen LogP contribution in [0.2, 0.25) is 0 Å².